The molecule has 0 aliphatic carbocycles. The number of guanidine groups is 1. The molecule has 0 aromatic heterocycles. The molecule has 154 valence electrons. The van der Waals surface area contributed by atoms with Gasteiger partial charge >= 0.3 is 0 Å². The van der Waals surface area contributed by atoms with E-state index in [2.05, 4.69) is 22.0 Å². The normalized spacial score (nSPS) is 23.8. The topological polar surface area (TPSA) is 65.0 Å². The molecule has 0 aromatic carbocycles. The number of nitrogens with zero attached hydrogens (tertiary/aromatic N) is 3. The zero-order valence-electron chi connectivity index (χ0n) is 16.7. The van der Waals surface area contributed by atoms with Gasteiger partial charge in [-0.05, 0) is 59.7 Å². The predicted molar refractivity (Wildman–Crippen MR) is 120 cm³/mol. The molecule has 2 rings (SSSR count). The van der Waals surface area contributed by atoms with E-state index >= 15 is 0 Å². The molecule has 2 saturated heterocycles. The van der Waals surface area contributed by atoms with Crippen LogP contribution in [0.15, 0.2) is 4.99 Å². The van der Waals surface area contributed by atoms with Crippen molar-refractivity contribution in [2.45, 2.75) is 57.6 Å². The maximum absolute atomic E-state index is 12.2. The molecule has 26 heavy (non-hydrogen) atoms. The molecule has 0 atom stereocenters. The number of aliphatic imine (C=N–C) groups is 1. The largest absolute Gasteiger partial charge is 0.357 e. The van der Waals surface area contributed by atoms with Crippen LogP contribution in [-0.2, 0) is 9.84 Å². The van der Waals surface area contributed by atoms with E-state index in [0.29, 0.717) is 13.1 Å². The average Bonchev–Trinajstić information content (AvgIpc) is 2.82. The first kappa shape index (κ1) is 23.9. The number of halogens is 1. The number of likely N-dealkylation sites (tertiary alicyclic amines) is 1. The molecule has 0 bridgehead atoms. The van der Waals surface area contributed by atoms with Crippen LogP contribution in [0.5, 0.6) is 0 Å². The molecular weight excluding hydrogens is 463 g/mol. The third-order valence-electron chi connectivity index (χ3n) is 5.27. The van der Waals surface area contributed by atoms with E-state index in [9.17, 15) is 8.42 Å². The summed E-state index contributed by atoms with van der Waals surface area (Å²) in [5.41, 5.74) is 0. The second-order valence-electron chi connectivity index (χ2n) is 7.85. The quantitative estimate of drug-likeness (QED) is 0.272. The summed E-state index contributed by atoms with van der Waals surface area (Å²) in [6.45, 7) is 11.9. The van der Waals surface area contributed by atoms with E-state index in [1.54, 1.807) is 0 Å². The van der Waals surface area contributed by atoms with Gasteiger partial charge in [0.25, 0.3) is 0 Å². The molecule has 1 N–H and O–H groups in total. The average molecular weight is 500 g/mol. The van der Waals surface area contributed by atoms with Crippen LogP contribution in [0.1, 0.15) is 52.9 Å². The Bertz CT molecular complexity index is 543. The first-order valence-corrected chi connectivity index (χ1v) is 11.5. The highest BCUT2D eigenvalue weighted by atomic mass is 127. The third-order valence-corrected chi connectivity index (χ3v) is 7.80. The zero-order chi connectivity index (χ0) is 18.3. The predicted octanol–water partition coefficient (Wildman–Crippen LogP) is 2.35. The van der Waals surface area contributed by atoms with Crippen molar-refractivity contribution in [3.8, 4) is 0 Å². The molecule has 0 aromatic rings. The van der Waals surface area contributed by atoms with Crippen molar-refractivity contribution < 1.29 is 8.42 Å². The first-order valence-electron chi connectivity index (χ1n) is 9.83. The number of rotatable bonds is 5. The Labute approximate surface area is 177 Å². The van der Waals surface area contributed by atoms with Gasteiger partial charge in [-0.25, -0.2) is 8.42 Å². The second kappa shape index (κ2) is 11.0. The zero-order valence-corrected chi connectivity index (χ0v) is 19.8. The minimum atomic E-state index is -3.02. The lowest BCUT2D eigenvalue weighted by Gasteiger charge is -2.39. The summed E-state index contributed by atoms with van der Waals surface area (Å²) in [6, 6.07) is 0. The van der Waals surface area contributed by atoms with Crippen molar-refractivity contribution in [3.05, 3.63) is 0 Å². The third kappa shape index (κ3) is 6.82. The van der Waals surface area contributed by atoms with Crippen molar-refractivity contribution in [2.75, 3.05) is 51.6 Å². The van der Waals surface area contributed by atoms with Gasteiger partial charge in [-0.15, -0.1) is 24.0 Å². The standard InChI is InChI=1S/C18H36N4O2S.HI/c1-4-19-17(22-14-15-25(23,24)18(2,3)16-22)20-10-9-13-21-11-7-5-6-8-12-21;/h4-16H2,1-3H3,(H,19,20);1H. The van der Waals surface area contributed by atoms with Gasteiger partial charge in [0.1, 0.15) is 0 Å². The molecule has 0 radical (unpaired) electrons. The van der Waals surface area contributed by atoms with Gasteiger partial charge in [0.15, 0.2) is 15.8 Å². The van der Waals surface area contributed by atoms with Gasteiger partial charge in [0.05, 0.1) is 10.5 Å². The van der Waals surface area contributed by atoms with Crippen LogP contribution < -0.4 is 5.32 Å². The smallest absolute Gasteiger partial charge is 0.193 e. The molecule has 2 aliphatic rings. The fourth-order valence-electron chi connectivity index (χ4n) is 3.59. The van der Waals surface area contributed by atoms with E-state index in [1.807, 2.05) is 13.8 Å². The van der Waals surface area contributed by atoms with Gasteiger partial charge in [0, 0.05) is 26.2 Å². The summed E-state index contributed by atoms with van der Waals surface area (Å²) in [5.74, 6) is 1.07. The molecule has 2 aliphatic heterocycles. The van der Waals surface area contributed by atoms with Crippen molar-refractivity contribution in [2.24, 2.45) is 4.99 Å². The SMILES string of the molecule is CCNC(=NCCCN1CCCCCC1)N1CCS(=O)(=O)C(C)(C)C1.I. The molecule has 0 amide bonds. The Morgan fingerprint density at radius 2 is 1.77 bits per heavy atom. The molecular formula is C18H37IN4O2S. The van der Waals surface area contributed by atoms with E-state index in [0.717, 1.165) is 32.0 Å². The van der Waals surface area contributed by atoms with Crippen LogP contribution >= 0.6 is 24.0 Å². The number of hydrogen-bond acceptors (Lipinski definition) is 4. The first-order chi connectivity index (χ1) is 11.9. The van der Waals surface area contributed by atoms with Gasteiger partial charge in [-0.1, -0.05) is 12.8 Å². The van der Waals surface area contributed by atoms with Crippen molar-refractivity contribution in [3.63, 3.8) is 0 Å². The van der Waals surface area contributed by atoms with Gasteiger partial charge < -0.3 is 15.1 Å². The summed E-state index contributed by atoms with van der Waals surface area (Å²) < 4.78 is 23.7. The summed E-state index contributed by atoms with van der Waals surface area (Å²) >= 11 is 0. The van der Waals surface area contributed by atoms with Gasteiger partial charge in [-0.2, -0.15) is 0 Å². The summed E-state index contributed by atoms with van der Waals surface area (Å²) in [5, 5.41) is 3.33. The maximum atomic E-state index is 12.2. The summed E-state index contributed by atoms with van der Waals surface area (Å²) in [4.78, 5) is 9.44. The minimum absolute atomic E-state index is 0. The van der Waals surface area contributed by atoms with Crippen LogP contribution in [0.25, 0.3) is 0 Å². The monoisotopic (exact) mass is 500 g/mol. The minimum Gasteiger partial charge on any atom is -0.357 e. The van der Waals surface area contributed by atoms with E-state index in [-0.39, 0.29) is 29.7 Å². The van der Waals surface area contributed by atoms with E-state index < -0.39 is 14.6 Å². The van der Waals surface area contributed by atoms with Gasteiger partial charge in [0.2, 0.25) is 0 Å². The molecule has 0 spiro atoms. The molecule has 0 saturated carbocycles. The highest BCUT2D eigenvalue weighted by Gasteiger charge is 2.40. The van der Waals surface area contributed by atoms with Crippen molar-refractivity contribution in [1.82, 2.24) is 15.1 Å². The number of hydrogen-bond donors (Lipinski definition) is 1. The Balaban J connectivity index is 0.00000338. The highest BCUT2D eigenvalue weighted by Crippen LogP contribution is 2.23. The molecule has 2 heterocycles. The number of sulfone groups is 1. The fourth-order valence-corrected chi connectivity index (χ4v) is 4.96. The highest BCUT2D eigenvalue weighted by molar-refractivity contribution is 14.0. The van der Waals surface area contributed by atoms with Crippen LogP contribution in [0, 0.1) is 0 Å². The second-order valence-corrected chi connectivity index (χ2v) is 10.6. The Morgan fingerprint density at radius 3 is 2.35 bits per heavy atom. The maximum Gasteiger partial charge on any atom is 0.193 e. The molecule has 6 nitrogen and oxygen atoms in total. The van der Waals surface area contributed by atoms with Crippen LogP contribution in [0.2, 0.25) is 0 Å². The lowest BCUT2D eigenvalue weighted by molar-refractivity contribution is 0.283. The lowest BCUT2D eigenvalue weighted by atomic mass is 10.2. The molecule has 8 heteroatoms. The fraction of sp³-hybridized carbons (Fsp3) is 0.944. The van der Waals surface area contributed by atoms with E-state index in [1.165, 1.54) is 38.8 Å². The number of nitrogens with one attached hydrogen (secondary N) is 1. The van der Waals surface area contributed by atoms with Crippen LogP contribution in [-0.4, -0.2) is 80.5 Å². The van der Waals surface area contributed by atoms with Crippen molar-refractivity contribution >= 4 is 39.8 Å². The van der Waals surface area contributed by atoms with Crippen LogP contribution in [0.3, 0.4) is 0 Å². The van der Waals surface area contributed by atoms with Crippen molar-refractivity contribution in [1.29, 1.82) is 0 Å². The Morgan fingerprint density at radius 1 is 1.12 bits per heavy atom. The molecule has 0 unspecified atom stereocenters. The van der Waals surface area contributed by atoms with Gasteiger partial charge in [-0.3, -0.25) is 4.99 Å². The lowest BCUT2D eigenvalue weighted by Crippen LogP contribution is -2.57. The Kier molecular flexibility index (Phi) is 10.2. The summed E-state index contributed by atoms with van der Waals surface area (Å²) in [6.07, 6.45) is 6.44. The molecule has 2 fully saturated rings. The van der Waals surface area contributed by atoms with Crippen LogP contribution in [0.4, 0.5) is 0 Å². The van der Waals surface area contributed by atoms with E-state index in [4.69, 9.17) is 4.99 Å². The Hall–Kier alpha value is -0.0900. The summed E-state index contributed by atoms with van der Waals surface area (Å²) in [7, 11) is -3.02.